The first-order valence-electron chi connectivity index (χ1n) is 15.8. The summed E-state index contributed by atoms with van der Waals surface area (Å²) < 4.78 is 0. The van der Waals surface area contributed by atoms with Gasteiger partial charge in [-0.3, -0.25) is 9.80 Å². The molecule has 3 heterocycles. The summed E-state index contributed by atoms with van der Waals surface area (Å²) in [7, 11) is 6.55. The normalized spacial score (nSPS) is 26.7. The lowest BCUT2D eigenvalue weighted by atomic mass is 9.79. The van der Waals surface area contributed by atoms with Gasteiger partial charge in [0.05, 0.1) is 6.17 Å². The standard InChI is InChI=1S/C14H30N2.C10H22N2.C8H18N2/c1-7-8-9-16(6)12-10-13(2,3)15-14(4,5)11-12;1-9(2)6-8(11-5)7-10(3,4)12-9;1-4-10(5-2)8-6-7-9(8)3/h12,15H,7-11H2,1-6H3;8,11-12H,6-7H2,1-5H3;8H,4-7H2,1-3H3. The minimum absolute atomic E-state index is 0.271. The summed E-state index contributed by atoms with van der Waals surface area (Å²) in [5, 5.41) is 10.8. The number of nitrogens with one attached hydrogen (secondary N) is 3. The molecule has 0 aromatic heterocycles. The Balaban J connectivity index is 0.000000294. The van der Waals surface area contributed by atoms with Gasteiger partial charge in [0.2, 0.25) is 0 Å². The van der Waals surface area contributed by atoms with Crippen molar-refractivity contribution in [3.8, 4) is 0 Å². The van der Waals surface area contributed by atoms with Crippen molar-refractivity contribution in [1.29, 1.82) is 0 Å². The fourth-order valence-corrected chi connectivity index (χ4v) is 7.31. The van der Waals surface area contributed by atoms with Gasteiger partial charge in [0.25, 0.3) is 0 Å². The maximum absolute atomic E-state index is 3.75. The minimum Gasteiger partial charge on any atom is -0.317 e. The summed E-state index contributed by atoms with van der Waals surface area (Å²) >= 11 is 0. The third kappa shape index (κ3) is 12.5. The van der Waals surface area contributed by atoms with Gasteiger partial charge in [-0.25, -0.2) is 0 Å². The second-order valence-electron chi connectivity index (χ2n) is 15.0. The molecule has 0 saturated carbocycles. The Kier molecular flexibility index (Phi) is 14.2. The van der Waals surface area contributed by atoms with Gasteiger partial charge in [-0.2, -0.15) is 0 Å². The average Bonchev–Trinajstić information content (AvgIpc) is 2.76. The number of rotatable bonds is 8. The molecule has 1 unspecified atom stereocenters. The van der Waals surface area contributed by atoms with Gasteiger partial charge >= 0.3 is 0 Å². The van der Waals surface area contributed by atoms with Crippen LogP contribution in [0.3, 0.4) is 0 Å². The lowest BCUT2D eigenvalue weighted by Crippen LogP contribution is -2.61. The van der Waals surface area contributed by atoms with E-state index in [1.54, 1.807) is 0 Å². The molecule has 3 aliphatic heterocycles. The van der Waals surface area contributed by atoms with Gasteiger partial charge in [-0.15, -0.1) is 0 Å². The number of nitrogens with zero attached hydrogens (tertiary/aromatic N) is 3. The van der Waals surface area contributed by atoms with Gasteiger partial charge in [-0.1, -0.05) is 27.2 Å². The van der Waals surface area contributed by atoms with Crippen LogP contribution >= 0.6 is 0 Å². The van der Waals surface area contributed by atoms with Crippen LogP contribution in [0.2, 0.25) is 0 Å². The molecule has 0 aromatic rings. The molecule has 3 saturated heterocycles. The van der Waals surface area contributed by atoms with Gasteiger partial charge in [0, 0.05) is 40.8 Å². The number of hydrogen-bond donors (Lipinski definition) is 3. The Morgan fingerprint density at radius 1 is 0.789 bits per heavy atom. The highest BCUT2D eigenvalue weighted by Crippen LogP contribution is 2.31. The predicted octanol–water partition coefficient (Wildman–Crippen LogP) is 5.53. The zero-order valence-corrected chi connectivity index (χ0v) is 28.4. The Morgan fingerprint density at radius 3 is 1.53 bits per heavy atom. The summed E-state index contributed by atoms with van der Waals surface area (Å²) in [6, 6.07) is 1.40. The molecule has 3 N–H and O–H groups in total. The van der Waals surface area contributed by atoms with E-state index in [4.69, 9.17) is 0 Å². The number of piperidine rings is 2. The number of likely N-dealkylation sites (tertiary alicyclic amines) is 1. The Labute approximate surface area is 239 Å². The molecule has 0 bridgehead atoms. The van der Waals surface area contributed by atoms with Crippen LogP contribution in [0.5, 0.6) is 0 Å². The first-order chi connectivity index (χ1) is 17.4. The third-order valence-electron chi connectivity index (χ3n) is 8.74. The summed E-state index contributed by atoms with van der Waals surface area (Å²) in [6.45, 7) is 30.0. The summed E-state index contributed by atoms with van der Waals surface area (Å²) in [6.07, 6.45) is 9.67. The topological polar surface area (TPSA) is 45.8 Å². The largest absolute Gasteiger partial charge is 0.317 e. The van der Waals surface area contributed by atoms with Crippen molar-refractivity contribution in [1.82, 2.24) is 30.7 Å². The van der Waals surface area contributed by atoms with E-state index in [1.165, 1.54) is 71.1 Å². The van der Waals surface area contributed by atoms with Gasteiger partial charge < -0.3 is 20.9 Å². The second kappa shape index (κ2) is 15.1. The van der Waals surface area contributed by atoms with Crippen molar-refractivity contribution in [2.24, 2.45) is 0 Å². The SMILES string of the molecule is CCCCN(C)C1CC(C)(C)NC(C)(C)C1.CCN(CC)C1CCN1C.CNC1CC(C)(C)NC(C)(C)C1. The van der Waals surface area contributed by atoms with Gasteiger partial charge in [0.15, 0.2) is 0 Å². The third-order valence-corrected chi connectivity index (χ3v) is 8.74. The molecule has 0 amide bonds. The lowest BCUT2D eigenvalue weighted by molar-refractivity contribution is -0.00934. The zero-order chi connectivity index (χ0) is 29.4. The van der Waals surface area contributed by atoms with Crippen molar-refractivity contribution in [2.45, 2.75) is 162 Å². The van der Waals surface area contributed by atoms with Crippen LogP contribution in [0.15, 0.2) is 0 Å². The second-order valence-corrected chi connectivity index (χ2v) is 15.0. The van der Waals surface area contributed by atoms with Gasteiger partial charge in [-0.05, 0) is 135 Å². The molecule has 0 aliphatic carbocycles. The van der Waals surface area contributed by atoms with Crippen LogP contribution in [-0.2, 0) is 0 Å². The summed E-state index contributed by atoms with van der Waals surface area (Å²) in [5.41, 5.74) is 1.09. The Hall–Kier alpha value is -0.240. The molecule has 228 valence electrons. The lowest BCUT2D eigenvalue weighted by Gasteiger charge is -2.49. The molecule has 3 aliphatic rings. The first-order valence-corrected chi connectivity index (χ1v) is 15.8. The monoisotopic (exact) mass is 539 g/mol. The molecule has 0 aromatic carbocycles. The predicted molar refractivity (Wildman–Crippen MR) is 169 cm³/mol. The van der Waals surface area contributed by atoms with E-state index in [2.05, 4.69) is 128 Å². The van der Waals surface area contributed by atoms with E-state index in [0.29, 0.717) is 6.04 Å². The van der Waals surface area contributed by atoms with Crippen LogP contribution in [0.4, 0.5) is 0 Å². The highest BCUT2D eigenvalue weighted by atomic mass is 15.4. The fourth-order valence-electron chi connectivity index (χ4n) is 7.31. The summed E-state index contributed by atoms with van der Waals surface area (Å²) in [5.74, 6) is 0. The van der Waals surface area contributed by atoms with E-state index in [1.807, 2.05) is 0 Å². The number of hydrogen-bond acceptors (Lipinski definition) is 6. The zero-order valence-electron chi connectivity index (χ0n) is 28.4. The molecule has 3 rings (SSSR count). The first kappa shape index (κ1) is 35.8. The Morgan fingerprint density at radius 2 is 1.24 bits per heavy atom. The van der Waals surface area contributed by atoms with Crippen molar-refractivity contribution in [3.63, 3.8) is 0 Å². The summed E-state index contributed by atoms with van der Waals surface area (Å²) in [4.78, 5) is 7.48. The molecule has 1 atom stereocenters. The Bertz CT molecular complexity index is 620. The van der Waals surface area contributed by atoms with Crippen LogP contribution in [0, 0.1) is 0 Å². The van der Waals surface area contributed by atoms with Crippen molar-refractivity contribution >= 4 is 0 Å². The van der Waals surface area contributed by atoms with Crippen LogP contribution in [-0.4, -0.2) is 102 Å². The maximum Gasteiger partial charge on any atom is 0.0632 e. The van der Waals surface area contributed by atoms with Crippen molar-refractivity contribution < 1.29 is 0 Å². The van der Waals surface area contributed by atoms with E-state index in [0.717, 1.165) is 12.2 Å². The smallest absolute Gasteiger partial charge is 0.0632 e. The quantitative estimate of drug-likeness (QED) is 0.378. The number of unbranched alkanes of at least 4 members (excludes halogenated alkanes) is 1. The van der Waals surface area contributed by atoms with Gasteiger partial charge in [0.1, 0.15) is 0 Å². The van der Waals surface area contributed by atoms with E-state index >= 15 is 0 Å². The fraction of sp³-hybridized carbons (Fsp3) is 1.00. The molecular weight excluding hydrogens is 468 g/mol. The van der Waals surface area contributed by atoms with Crippen LogP contribution < -0.4 is 16.0 Å². The van der Waals surface area contributed by atoms with Crippen molar-refractivity contribution in [3.05, 3.63) is 0 Å². The molecule has 6 nitrogen and oxygen atoms in total. The molecule has 0 radical (unpaired) electrons. The maximum atomic E-state index is 3.75. The molecular formula is C32H70N6. The highest BCUT2D eigenvalue weighted by Gasteiger charge is 2.39. The van der Waals surface area contributed by atoms with Crippen LogP contribution in [0.1, 0.15) is 121 Å². The average molecular weight is 539 g/mol. The van der Waals surface area contributed by atoms with E-state index < -0.39 is 0 Å². The molecule has 0 spiro atoms. The molecule has 38 heavy (non-hydrogen) atoms. The van der Waals surface area contributed by atoms with Crippen LogP contribution in [0.25, 0.3) is 0 Å². The highest BCUT2D eigenvalue weighted by molar-refractivity contribution is 5.00. The molecule has 6 heteroatoms. The van der Waals surface area contributed by atoms with E-state index in [-0.39, 0.29) is 22.2 Å². The van der Waals surface area contributed by atoms with Crippen molar-refractivity contribution in [2.75, 3.05) is 47.3 Å². The minimum atomic E-state index is 0.271. The molecule has 3 fully saturated rings. The van der Waals surface area contributed by atoms with E-state index in [9.17, 15) is 0 Å².